The largest absolute Gasteiger partial charge is 0.416 e. The Balaban J connectivity index is 1.88. The van der Waals surface area contributed by atoms with E-state index in [2.05, 4.69) is 9.97 Å². The molecule has 2 heterocycles. The standard InChI is InChI=1S/C23H15F6N3O3S/c1-2-36(34,35)19-9-14(13-3-5-15(6-4-13)22(24,25)26)11-30-20(19)32-12-31-18-10-16(23(27,28)29)7-8-17(18)21(32)33/h3-12H,2H2,1H3. The van der Waals surface area contributed by atoms with E-state index in [4.69, 9.17) is 0 Å². The van der Waals surface area contributed by atoms with E-state index >= 15 is 0 Å². The number of alkyl halides is 6. The zero-order chi connectivity index (χ0) is 26.5. The summed E-state index contributed by atoms with van der Waals surface area (Å²) in [5, 5.41) is -0.195. The highest BCUT2D eigenvalue weighted by molar-refractivity contribution is 7.91. The van der Waals surface area contributed by atoms with Crippen LogP contribution in [0.15, 0.2) is 70.7 Å². The van der Waals surface area contributed by atoms with E-state index in [-0.39, 0.29) is 33.6 Å². The van der Waals surface area contributed by atoms with Gasteiger partial charge in [0, 0.05) is 11.8 Å². The first kappa shape index (κ1) is 25.4. The van der Waals surface area contributed by atoms with Crippen LogP contribution in [-0.2, 0) is 22.2 Å². The lowest BCUT2D eigenvalue weighted by atomic mass is 10.1. The first-order valence-electron chi connectivity index (χ1n) is 10.2. The first-order chi connectivity index (χ1) is 16.7. The molecule has 2 aromatic carbocycles. The number of hydrogen-bond acceptors (Lipinski definition) is 5. The van der Waals surface area contributed by atoms with Gasteiger partial charge in [0.1, 0.15) is 11.2 Å². The molecule has 13 heteroatoms. The van der Waals surface area contributed by atoms with Crippen LogP contribution >= 0.6 is 0 Å². The molecule has 0 aliphatic heterocycles. The highest BCUT2D eigenvalue weighted by Crippen LogP contribution is 2.33. The lowest BCUT2D eigenvalue weighted by molar-refractivity contribution is -0.138. The van der Waals surface area contributed by atoms with Crippen LogP contribution in [-0.4, -0.2) is 28.7 Å². The molecule has 0 unspecified atom stereocenters. The number of nitrogens with zero attached hydrogens (tertiary/aromatic N) is 3. The van der Waals surface area contributed by atoms with E-state index in [9.17, 15) is 39.6 Å². The van der Waals surface area contributed by atoms with Gasteiger partial charge in [-0.05, 0) is 42.0 Å². The third kappa shape index (κ3) is 4.70. The van der Waals surface area contributed by atoms with Crippen LogP contribution in [0.1, 0.15) is 18.1 Å². The number of halogens is 6. The van der Waals surface area contributed by atoms with Crippen LogP contribution in [0.3, 0.4) is 0 Å². The minimum Gasteiger partial charge on any atom is -0.268 e. The predicted octanol–water partition coefficient (Wildman–Crippen LogP) is 5.28. The Hall–Kier alpha value is -3.74. The molecule has 2 aromatic heterocycles. The molecular formula is C23H15F6N3O3S. The monoisotopic (exact) mass is 527 g/mol. The predicted molar refractivity (Wildman–Crippen MR) is 118 cm³/mol. The number of fused-ring (bicyclic) bond motifs is 1. The van der Waals surface area contributed by atoms with Crippen molar-refractivity contribution in [3.8, 4) is 16.9 Å². The number of hydrogen-bond donors (Lipinski definition) is 0. The van der Waals surface area contributed by atoms with Gasteiger partial charge in [-0.25, -0.2) is 23.0 Å². The maximum absolute atomic E-state index is 13.0. The number of sulfone groups is 1. The quantitative estimate of drug-likeness (QED) is 0.338. The summed E-state index contributed by atoms with van der Waals surface area (Å²) in [6, 6.07) is 7.51. The SMILES string of the molecule is CCS(=O)(=O)c1cc(-c2ccc(C(F)(F)F)cc2)cnc1-n1cnc2cc(C(F)(F)F)ccc2c1=O. The van der Waals surface area contributed by atoms with E-state index in [0.29, 0.717) is 12.1 Å². The van der Waals surface area contributed by atoms with Gasteiger partial charge in [-0.2, -0.15) is 26.3 Å². The smallest absolute Gasteiger partial charge is 0.268 e. The number of pyridine rings is 1. The lowest BCUT2D eigenvalue weighted by Gasteiger charge is -2.14. The van der Waals surface area contributed by atoms with Gasteiger partial charge in [-0.15, -0.1) is 0 Å². The molecule has 0 N–H and O–H groups in total. The lowest BCUT2D eigenvalue weighted by Crippen LogP contribution is -2.23. The van der Waals surface area contributed by atoms with Crippen molar-refractivity contribution in [2.24, 2.45) is 0 Å². The summed E-state index contributed by atoms with van der Waals surface area (Å²) in [6.45, 7) is 1.35. The Labute approximate surface area is 199 Å². The topological polar surface area (TPSA) is 81.9 Å². The maximum Gasteiger partial charge on any atom is 0.416 e. The molecule has 0 aliphatic rings. The summed E-state index contributed by atoms with van der Waals surface area (Å²) in [6.07, 6.45) is -7.15. The molecule has 188 valence electrons. The van der Waals surface area contributed by atoms with E-state index < -0.39 is 43.8 Å². The molecule has 6 nitrogen and oxygen atoms in total. The molecule has 0 saturated heterocycles. The van der Waals surface area contributed by atoms with Gasteiger partial charge in [-0.1, -0.05) is 19.1 Å². The molecule has 4 rings (SSSR count). The summed E-state index contributed by atoms with van der Waals surface area (Å²) in [5.41, 5.74) is -2.56. The van der Waals surface area contributed by atoms with Gasteiger partial charge in [0.25, 0.3) is 5.56 Å². The zero-order valence-corrected chi connectivity index (χ0v) is 19.0. The van der Waals surface area contributed by atoms with Crippen LogP contribution < -0.4 is 5.56 Å². The van der Waals surface area contributed by atoms with Gasteiger partial charge < -0.3 is 0 Å². The van der Waals surface area contributed by atoms with Crippen molar-refractivity contribution >= 4 is 20.7 Å². The minimum absolute atomic E-state index is 0.177. The van der Waals surface area contributed by atoms with E-state index in [1.165, 1.54) is 19.2 Å². The molecule has 0 radical (unpaired) electrons. The van der Waals surface area contributed by atoms with Gasteiger partial charge >= 0.3 is 12.4 Å². The van der Waals surface area contributed by atoms with E-state index in [1.54, 1.807) is 0 Å². The van der Waals surface area contributed by atoms with Gasteiger partial charge in [-0.3, -0.25) is 4.79 Å². The third-order valence-corrected chi connectivity index (χ3v) is 7.14. The fourth-order valence-corrected chi connectivity index (χ4v) is 4.51. The zero-order valence-electron chi connectivity index (χ0n) is 18.2. The van der Waals surface area contributed by atoms with Crippen molar-refractivity contribution in [1.82, 2.24) is 14.5 Å². The van der Waals surface area contributed by atoms with Crippen molar-refractivity contribution in [3.05, 3.63) is 82.5 Å². The third-order valence-electron chi connectivity index (χ3n) is 5.41. The molecule has 0 spiro atoms. The molecule has 0 bridgehead atoms. The minimum atomic E-state index is -4.65. The average Bonchev–Trinajstić information content (AvgIpc) is 2.83. The normalized spacial score (nSPS) is 12.8. The molecule has 36 heavy (non-hydrogen) atoms. The fraction of sp³-hybridized carbons (Fsp3) is 0.174. The summed E-state index contributed by atoms with van der Waals surface area (Å²) < 4.78 is 104. The molecule has 0 atom stereocenters. The molecule has 4 aromatic rings. The van der Waals surface area contributed by atoms with Gasteiger partial charge in [0.05, 0.1) is 27.8 Å². The van der Waals surface area contributed by atoms with Crippen LogP contribution in [0.4, 0.5) is 26.3 Å². The van der Waals surface area contributed by atoms with Crippen LogP contribution in [0.5, 0.6) is 0 Å². The second-order valence-corrected chi connectivity index (χ2v) is 9.92. The average molecular weight is 527 g/mol. The Bertz CT molecular complexity index is 1630. The number of benzene rings is 2. The summed E-state index contributed by atoms with van der Waals surface area (Å²) in [5.74, 6) is -0.727. The van der Waals surface area contributed by atoms with Crippen molar-refractivity contribution in [2.75, 3.05) is 5.75 Å². The maximum atomic E-state index is 13.0. The van der Waals surface area contributed by atoms with Crippen LogP contribution in [0.25, 0.3) is 27.8 Å². The van der Waals surface area contributed by atoms with Crippen molar-refractivity contribution in [2.45, 2.75) is 24.2 Å². The Morgan fingerprint density at radius 1 is 0.833 bits per heavy atom. The van der Waals surface area contributed by atoms with Crippen molar-refractivity contribution in [3.63, 3.8) is 0 Å². The van der Waals surface area contributed by atoms with Gasteiger partial charge in [0.15, 0.2) is 15.7 Å². The Morgan fingerprint density at radius 3 is 2.03 bits per heavy atom. The Kier molecular flexibility index (Phi) is 6.15. The Morgan fingerprint density at radius 2 is 1.44 bits per heavy atom. The van der Waals surface area contributed by atoms with E-state index in [0.717, 1.165) is 41.2 Å². The first-order valence-corrected chi connectivity index (χ1v) is 11.9. The number of rotatable bonds is 4. The number of aromatic nitrogens is 3. The van der Waals surface area contributed by atoms with Gasteiger partial charge in [0.2, 0.25) is 0 Å². The molecule has 0 aliphatic carbocycles. The second kappa shape index (κ2) is 8.73. The fourth-order valence-electron chi connectivity index (χ4n) is 3.46. The summed E-state index contributed by atoms with van der Waals surface area (Å²) in [4.78, 5) is 20.6. The van der Waals surface area contributed by atoms with Crippen LogP contribution in [0, 0.1) is 0 Å². The van der Waals surface area contributed by atoms with Crippen molar-refractivity contribution < 1.29 is 34.8 Å². The molecule has 0 saturated carbocycles. The second-order valence-electron chi connectivity index (χ2n) is 7.67. The highest BCUT2D eigenvalue weighted by atomic mass is 32.2. The van der Waals surface area contributed by atoms with Crippen LogP contribution in [0.2, 0.25) is 0 Å². The van der Waals surface area contributed by atoms with Crippen molar-refractivity contribution in [1.29, 1.82) is 0 Å². The molecule has 0 fully saturated rings. The van der Waals surface area contributed by atoms with E-state index in [1.807, 2.05) is 0 Å². The highest BCUT2D eigenvalue weighted by Gasteiger charge is 2.31. The summed E-state index contributed by atoms with van der Waals surface area (Å²) >= 11 is 0. The molecular weight excluding hydrogens is 512 g/mol. The summed E-state index contributed by atoms with van der Waals surface area (Å²) in [7, 11) is -4.01. The molecule has 0 amide bonds.